The van der Waals surface area contributed by atoms with E-state index in [2.05, 4.69) is 4.90 Å². The Hall–Kier alpha value is -1.59. The second-order valence-corrected chi connectivity index (χ2v) is 4.86. The van der Waals surface area contributed by atoms with E-state index >= 15 is 0 Å². The number of esters is 1. The number of benzene rings is 1. The third kappa shape index (κ3) is 6.04. The highest BCUT2D eigenvalue weighted by Crippen LogP contribution is 2.13. The third-order valence-electron chi connectivity index (χ3n) is 2.78. The first-order chi connectivity index (χ1) is 9.52. The van der Waals surface area contributed by atoms with E-state index in [-0.39, 0.29) is 5.97 Å². The van der Waals surface area contributed by atoms with E-state index in [4.69, 9.17) is 15.2 Å². The Kier molecular flexibility index (Phi) is 7.04. The maximum Gasteiger partial charge on any atom is 0.323 e. The van der Waals surface area contributed by atoms with Gasteiger partial charge in [0.1, 0.15) is 18.4 Å². The lowest BCUT2D eigenvalue weighted by Gasteiger charge is -2.12. The Labute approximate surface area is 120 Å². The van der Waals surface area contributed by atoms with Crippen molar-refractivity contribution in [1.29, 1.82) is 0 Å². The van der Waals surface area contributed by atoms with Gasteiger partial charge in [-0.05, 0) is 45.1 Å². The molecule has 1 aromatic carbocycles. The summed E-state index contributed by atoms with van der Waals surface area (Å²) in [4.78, 5) is 13.5. The molecule has 1 rings (SSSR count). The second kappa shape index (κ2) is 8.55. The molecule has 0 heterocycles. The summed E-state index contributed by atoms with van der Waals surface area (Å²) in [5.41, 5.74) is 6.77. The lowest BCUT2D eigenvalue weighted by Crippen LogP contribution is -2.34. The van der Waals surface area contributed by atoms with Crippen LogP contribution >= 0.6 is 0 Å². The van der Waals surface area contributed by atoms with Crippen molar-refractivity contribution in [3.63, 3.8) is 0 Å². The van der Waals surface area contributed by atoms with Gasteiger partial charge < -0.3 is 20.1 Å². The van der Waals surface area contributed by atoms with Gasteiger partial charge in [0, 0.05) is 6.54 Å². The summed E-state index contributed by atoms with van der Waals surface area (Å²) < 4.78 is 10.5. The molecule has 1 aromatic rings. The fourth-order valence-electron chi connectivity index (χ4n) is 1.65. The minimum absolute atomic E-state index is 0.352. The van der Waals surface area contributed by atoms with Crippen LogP contribution in [0.4, 0.5) is 0 Å². The normalized spacial score (nSPS) is 12.2. The maximum absolute atomic E-state index is 11.4. The van der Waals surface area contributed by atoms with Crippen LogP contribution < -0.4 is 10.5 Å². The lowest BCUT2D eigenvalue weighted by molar-refractivity contribution is -0.144. The van der Waals surface area contributed by atoms with Crippen LogP contribution in [0.5, 0.6) is 5.75 Å². The minimum Gasteiger partial charge on any atom is -0.492 e. The van der Waals surface area contributed by atoms with E-state index in [1.807, 2.05) is 38.4 Å². The number of nitrogens with zero attached hydrogens (tertiary/aromatic N) is 1. The van der Waals surface area contributed by atoms with E-state index in [0.717, 1.165) is 17.9 Å². The van der Waals surface area contributed by atoms with Gasteiger partial charge in [-0.1, -0.05) is 12.1 Å². The van der Waals surface area contributed by atoms with Gasteiger partial charge in [-0.15, -0.1) is 0 Å². The Bertz CT molecular complexity index is 404. The zero-order valence-electron chi connectivity index (χ0n) is 12.5. The number of hydrogen-bond acceptors (Lipinski definition) is 5. The van der Waals surface area contributed by atoms with Crippen molar-refractivity contribution in [3.05, 3.63) is 29.8 Å². The summed E-state index contributed by atoms with van der Waals surface area (Å²) in [6.07, 6.45) is 0.469. The maximum atomic E-state index is 11.4. The van der Waals surface area contributed by atoms with Gasteiger partial charge in [-0.2, -0.15) is 0 Å². The van der Waals surface area contributed by atoms with Gasteiger partial charge in [0.15, 0.2) is 0 Å². The standard InChI is InChI=1S/C15H24N2O3/c1-4-19-15(18)14(16)11-12-5-7-13(8-6-12)20-10-9-17(2)3/h5-8,14H,4,9-11,16H2,1-3H3. The molecule has 5 heteroatoms. The number of hydrogen-bond donors (Lipinski definition) is 1. The molecule has 1 atom stereocenters. The fourth-order valence-corrected chi connectivity index (χ4v) is 1.65. The average Bonchev–Trinajstić information content (AvgIpc) is 2.40. The smallest absolute Gasteiger partial charge is 0.323 e. The van der Waals surface area contributed by atoms with Crippen LogP contribution in [0, 0.1) is 0 Å². The summed E-state index contributed by atoms with van der Waals surface area (Å²) >= 11 is 0. The second-order valence-electron chi connectivity index (χ2n) is 4.86. The predicted octanol–water partition coefficient (Wildman–Crippen LogP) is 1.06. The summed E-state index contributed by atoms with van der Waals surface area (Å²) in [7, 11) is 4.01. The van der Waals surface area contributed by atoms with Crippen molar-refractivity contribution in [3.8, 4) is 5.75 Å². The Morgan fingerprint density at radius 1 is 1.30 bits per heavy atom. The average molecular weight is 280 g/mol. The number of ether oxygens (including phenoxy) is 2. The van der Waals surface area contributed by atoms with Gasteiger partial charge in [-0.25, -0.2) is 0 Å². The summed E-state index contributed by atoms with van der Waals surface area (Å²) in [6, 6.07) is 7.01. The molecule has 0 aromatic heterocycles. The molecule has 112 valence electrons. The van der Waals surface area contributed by atoms with Gasteiger partial charge in [0.25, 0.3) is 0 Å². The van der Waals surface area contributed by atoms with Crippen molar-refractivity contribution >= 4 is 5.97 Å². The quantitative estimate of drug-likeness (QED) is 0.721. The van der Waals surface area contributed by atoms with E-state index in [9.17, 15) is 4.79 Å². The molecule has 0 saturated heterocycles. The molecular weight excluding hydrogens is 256 g/mol. The summed E-state index contributed by atoms with van der Waals surface area (Å²) in [5.74, 6) is 0.458. The van der Waals surface area contributed by atoms with Crippen molar-refractivity contribution in [2.75, 3.05) is 33.9 Å². The van der Waals surface area contributed by atoms with E-state index in [1.165, 1.54) is 0 Å². The topological polar surface area (TPSA) is 64.8 Å². The Morgan fingerprint density at radius 2 is 1.95 bits per heavy atom. The number of likely N-dealkylation sites (N-methyl/N-ethyl adjacent to an activating group) is 1. The van der Waals surface area contributed by atoms with Crippen LogP contribution in [0.25, 0.3) is 0 Å². The van der Waals surface area contributed by atoms with Crippen LogP contribution in [0.3, 0.4) is 0 Å². The van der Waals surface area contributed by atoms with Crippen LogP contribution in [0.15, 0.2) is 24.3 Å². The Balaban J connectivity index is 2.44. The SMILES string of the molecule is CCOC(=O)C(N)Cc1ccc(OCCN(C)C)cc1. The van der Waals surface area contributed by atoms with Gasteiger partial charge in [0.05, 0.1) is 6.61 Å². The van der Waals surface area contributed by atoms with Crippen molar-refractivity contribution in [2.24, 2.45) is 5.73 Å². The predicted molar refractivity (Wildman–Crippen MR) is 78.8 cm³/mol. The first-order valence-corrected chi connectivity index (χ1v) is 6.81. The van der Waals surface area contributed by atoms with Gasteiger partial charge >= 0.3 is 5.97 Å². The zero-order valence-corrected chi connectivity index (χ0v) is 12.5. The molecule has 20 heavy (non-hydrogen) atoms. The van der Waals surface area contributed by atoms with Crippen molar-refractivity contribution < 1.29 is 14.3 Å². The minimum atomic E-state index is -0.615. The highest BCUT2D eigenvalue weighted by atomic mass is 16.5. The van der Waals surface area contributed by atoms with Crippen LogP contribution in [-0.4, -0.2) is 50.8 Å². The molecule has 0 aliphatic carbocycles. The number of rotatable bonds is 8. The third-order valence-corrected chi connectivity index (χ3v) is 2.78. The van der Waals surface area contributed by atoms with Gasteiger partial charge in [0.2, 0.25) is 0 Å². The van der Waals surface area contributed by atoms with Crippen LogP contribution in [-0.2, 0) is 16.0 Å². The largest absolute Gasteiger partial charge is 0.492 e. The van der Waals surface area contributed by atoms with E-state index < -0.39 is 6.04 Å². The first kappa shape index (κ1) is 16.5. The van der Waals surface area contributed by atoms with Gasteiger partial charge in [-0.3, -0.25) is 4.79 Å². The number of carbonyl (C=O) groups excluding carboxylic acids is 1. The molecule has 0 spiro atoms. The molecule has 0 saturated carbocycles. The molecule has 0 bridgehead atoms. The monoisotopic (exact) mass is 280 g/mol. The van der Waals surface area contributed by atoms with Crippen LogP contribution in [0.1, 0.15) is 12.5 Å². The molecule has 1 unspecified atom stereocenters. The number of carbonyl (C=O) groups is 1. The number of nitrogens with two attached hydrogens (primary N) is 1. The highest BCUT2D eigenvalue weighted by molar-refractivity contribution is 5.75. The van der Waals surface area contributed by atoms with E-state index in [1.54, 1.807) is 6.92 Å². The van der Waals surface area contributed by atoms with Crippen LogP contribution in [0.2, 0.25) is 0 Å². The zero-order chi connectivity index (χ0) is 15.0. The molecule has 0 aliphatic rings. The molecule has 2 N–H and O–H groups in total. The van der Waals surface area contributed by atoms with E-state index in [0.29, 0.717) is 19.6 Å². The summed E-state index contributed by atoms with van der Waals surface area (Å²) in [5, 5.41) is 0. The molecule has 5 nitrogen and oxygen atoms in total. The molecule has 0 aliphatic heterocycles. The molecule has 0 amide bonds. The molecular formula is C15H24N2O3. The molecule has 0 fully saturated rings. The first-order valence-electron chi connectivity index (χ1n) is 6.81. The van der Waals surface area contributed by atoms with Crippen molar-refractivity contribution in [1.82, 2.24) is 4.90 Å². The lowest BCUT2D eigenvalue weighted by atomic mass is 10.1. The highest BCUT2D eigenvalue weighted by Gasteiger charge is 2.14. The molecule has 0 radical (unpaired) electrons. The Morgan fingerprint density at radius 3 is 2.50 bits per heavy atom. The fraction of sp³-hybridized carbons (Fsp3) is 0.533. The summed E-state index contributed by atoms with van der Waals surface area (Å²) in [6.45, 7) is 3.64. The van der Waals surface area contributed by atoms with Crippen molar-refractivity contribution in [2.45, 2.75) is 19.4 Å².